The van der Waals surface area contributed by atoms with Gasteiger partial charge in [-0.2, -0.15) is 0 Å². The Bertz CT molecular complexity index is 599. The lowest BCUT2D eigenvalue weighted by molar-refractivity contribution is 0.0696. The van der Waals surface area contributed by atoms with Crippen molar-refractivity contribution >= 4 is 11.7 Å². The molecule has 3 N–H and O–H groups in total. The number of hydrogen-bond acceptors (Lipinski definition) is 3. The van der Waals surface area contributed by atoms with Crippen LogP contribution in [0, 0.1) is 5.82 Å². The van der Waals surface area contributed by atoms with Gasteiger partial charge in [0.05, 0.1) is 11.3 Å². The second-order valence-electron chi connectivity index (χ2n) is 3.62. The molecule has 2 rings (SSSR count). The van der Waals surface area contributed by atoms with Crippen LogP contribution in [-0.4, -0.2) is 11.1 Å². The van der Waals surface area contributed by atoms with Crippen LogP contribution in [-0.2, 0) is 0 Å². The van der Waals surface area contributed by atoms with E-state index in [1.807, 2.05) is 0 Å². The molecule has 0 unspecified atom stereocenters. The fraction of sp³-hybridized carbons (Fsp3) is 0. The van der Waals surface area contributed by atoms with Crippen molar-refractivity contribution in [2.75, 3.05) is 5.73 Å². The van der Waals surface area contributed by atoms with Crippen molar-refractivity contribution in [3.63, 3.8) is 0 Å². The van der Waals surface area contributed by atoms with Crippen LogP contribution in [0.25, 0.3) is 0 Å². The van der Waals surface area contributed by atoms with Gasteiger partial charge in [-0.15, -0.1) is 0 Å². The molecule has 0 radical (unpaired) electrons. The summed E-state index contributed by atoms with van der Waals surface area (Å²) in [6.45, 7) is 0. The smallest absolute Gasteiger partial charge is 0.335 e. The highest BCUT2D eigenvalue weighted by Gasteiger charge is 2.08. The molecule has 5 heteroatoms. The monoisotopic (exact) mass is 247 g/mol. The van der Waals surface area contributed by atoms with Crippen LogP contribution in [0.3, 0.4) is 0 Å². The van der Waals surface area contributed by atoms with E-state index < -0.39 is 11.8 Å². The number of rotatable bonds is 3. The number of benzene rings is 2. The van der Waals surface area contributed by atoms with Crippen molar-refractivity contribution in [2.24, 2.45) is 0 Å². The predicted octanol–water partition coefficient (Wildman–Crippen LogP) is 2.90. The number of carbonyl (C=O) groups is 1. The summed E-state index contributed by atoms with van der Waals surface area (Å²) in [5.74, 6) is -1.09. The lowest BCUT2D eigenvalue weighted by atomic mass is 10.2. The molecule has 0 fully saturated rings. The number of halogens is 1. The molecule has 0 atom stereocenters. The standard InChI is InChI=1S/C13H10FNO3/c14-9-2-1-3-10(7-9)18-12-6-8(13(16)17)4-5-11(12)15/h1-7H,15H2,(H,16,17). The highest BCUT2D eigenvalue weighted by molar-refractivity contribution is 5.89. The van der Waals surface area contributed by atoms with Crippen molar-refractivity contribution < 1.29 is 19.0 Å². The highest BCUT2D eigenvalue weighted by Crippen LogP contribution is 2.28. The Kier molecular flexibility index (Phi) is 3.14. The maximum atomic E-state index is 13.0. The van der Waals surface area contributed by atoms with Crippen LogP contribution in [0.15, 0.2) is 42.5 Å². The zero-order chi connectivity index (χ0) is 13.1. The second kappa shape index (κ2) is 4.75. The average Bonchev–Trinajstić information content (AvgIpc) is 2.31. The summed E-state index contributed by atoms with van der Waals surface area (Å²) in [6, 6.07) is 9.60. The molecule has 0 aromatic heterocycles. The van der Waals surface area contributed by atoms with E-state index >= 15 is 0 Å². The summed E-state index contributed by atoms with van der Waals surface area (Å²) >= 11 is 0. The summed E-state index contributed by atoms with van der Waals surface area (Å²) in [7, 11) is 0. The first kappa shape index (κ1) is 11.9. The molecule has 0 amide bonds. The lowest BCUT2D eigenvalue weighted by Gasteiger charge is -2.09. The maximum absolute atomic E-state index is 13.0. The van der Waals surface area contributed by atoms with Gasteiger partial charge in [-0.05, 0) is 30.3 Å². The zero-order valence-corrected chi connectivity index (χ0v) is 9.26. The summed E-state index contributed by atoms with van der Waals surface area (Å²) < 4.78 is 18.3. The van der Waals surface area contributed by atoms with Crippen LogP contribution in [0.4, 0.5) is 10.1 Å². The van der Waals surface area contributed by atoms with Gasteiger partial charge in [0.1, 0.15) is 11.6 Å². The molecular weight excluding hydrogens is 237 g/mol. The number of hydrogen-bond donors (Lipinski definition) is 2. The third kappa shape index (κ3) is 2.57. The first-order chi connectivity index (χ1) is 8.56. The Morgan fingerprint density at radius 3 is 2.67 bits per heavy atom. The van der Waals surface area contributed by atoms with Gasteiger partial charge in [-0.3, -0.25) is 0 Å². The van der Waals surface area contributed by atoms with Crippen LogP contribution in [0.1, 0.15) is 10.4 Å². The highest BCUT2D eigenvalue weighted by atomic mass is 19.1. The van der Waals surface area contributed by atoms with E-state index in [-0.39, 0.29) is 22.7 Å². The Morgan fingerprint density at radius 2 is 2.00 bits per heavy atom. The van der Waals surface area contributed by atoms with Crippen LogP contribution in [0.5, 0.6) is 11.5 Å². The van der Waals surface area contributed by atoms with E-state index in [2.05, 4.69) is 0 Å². The molecule has 4 nitrogen and oxygen atoms in total. The van der Waals surface area contributed by atoms with E-state index in [1.54, 1.807) is 6.07 Å². The maximum Gasteiger partial charge on any atom is 0.335 e. The molecule has 2 aromatic rings. The number of nitrogen functional groups attached to an aromatic ring is 1. The Hall–Kier alpha value is -2.56. The fourth-order valence-corrected chi connectivity index (χ4v) is 1.41. The minimum Gasteiger partial charge on any atom is -0.478 e. The van der Waals surface area contributed by atoms with Crippen molar-refractivity contribution in [2.45, 2.75) is 0 Å². The molecule has 0 saturated heterocycles. The van der Waals surface area contributed by atoms with Gasteiger partial charge in [-0.1, -0.05) is 6.07 Å². The van der Waals surface area contributed by atoms with E-state index in [4.69, 9.17) is 15.6 Å². The van der Waals surface area contributed by atoms with Gasteiger partial charge in [0.2, 0.25) is 0 Å². The summed E-state index contributed by atoms with van der Waals surface area (Å²) in [5.41, 5.74) is 6.00. The number of anilines is 1. The predicted molar refractivity (Wildman–Crippen MR) is 64.3 cm³/mol. The van der Waals surface area contributed by atoms with E-state index in [9.17, 15) is 9.18 Å². The minimum absolute atomic E-state index is 0.0515. The van der Waals surface area contributed by atoms with E-state index in [0.29, 0.717) is 0 Å². The van der Waals surface area contributed by atoms with E-state index in [0.717, 1.165) is 0 Å². The largest absolute Gasteiger partial charge is 0.478 e. The van der Waals surface area contributed by atoms with Crippen molar-refractivity contribution in [1.82, 2.24) is 0 Å². The molecule has 0 spiro atoms. The number of carboxylic acids is 1. The molecule has 0 heterocycles. The number of nitrogens with two attached hydrogens (primary N) is 1. The SMILES string of the molecule is Nc1ccc(C(=O)O)cc1Oc1cccc(F)c1. The first-order valence-corrected chi connectivity index (χ1v) is 5.12. The molecule has 0 aliphatic rings. The minimum atomic E-state index is -1.08. The summed E-state index contributed by atoms with van der Waals surface area (Å²) in [6.07, 6.45) is 0. The third-order valence-corrected chi connectivity index (χ3v) is 2.28. The summed E-state index contributed by atoms with van der Waals surface area (Å²) in [5, 5.41) is 8.85. The molecule has 0 bridgehead atoms. The zero-order valence-electron chi connectivity index (χ0n) is 9.26. The topological polar surface area (TPSA) is 72.6 Å². The molecule has 0 aliphatic carbocycles. The number of carboxylic acid groups (broad SMARTS) is 1. The number of ether oxygens (including phenoxy) is 1. The van der Waals surface area contributed by atoms with Gasteiger partial charge in [0.25, 0.3) is 0 Å². The van der Waals surface area contributed by atoms with Crippen LogP contribution < -0.4 is 10.5 Å². The summed E-state index contributed by atoms with van der Waals surface area (Å²) in [4.78, 5) is 10.8. The van der Waals surface area contributed by atoms with Gasteiger partial charge in [0, 0.05) is 6.07 Å². The fourth-order valence-electron chi connectivity index (χ4n) is 1.41. The quantitative estimate of drug-likeness (QED) is 0.818. The Balaban J connectivity index is 2.33. The van der Waals surface area contributed by atoms with Gasteiger partial charge < -0.3 is 15.6 Å². The normalized spacial score (nSPS) is 10.1. The number of aromatic carboxylic acids is 1. The van der Waals surface area contributed by atoms with Crippen molar-refractivity contribution in [1.29, 1.82) is 0 Å². The van der Waals surface area contributed by atoms with Crippen LogP contribution in [0.2, 0.25) is 0 Å². The van der Waals surface area contributed by atoms with Crippen molar-refractivity contribution in [3.8, 4) is 11.5 Å². The molecule has 92 valence electrons. The molecule has 18 heavy (non-hydrogen) atoms. The lowest BCUT2D eigenvalue weighted by Crippen LogP contribution is -1.99. The molecule has 0 aliphatic heterocycles. The first-order valence-electron chi connectivity index (χ1n) is 5.12. The molecule has 2 aromatic carbocycles. The molecular formula is C13H10FNO3. The second-order valence-corrected chi connectivity index (χ2v) is 3.62. The van der Waals surface area contributed by atoms with Gasteiger partial charge in [0.15, 0.2) is 5.75 Å². The Labute approximate surface area is 102 Å². The third-order valence-electron chi connectivity index (χ3n) is 2.28. The van der Waals surface area contributed by atoms with Gasteiger partial charge in [-0.25, -0.2) is 9.18 Å². The van der Waals surface area contributed by atoms with E-state index in [1.165, 1.54) is 36.4 Å². The van der Waals surface area contributed by atoms with Gasteiger partial charge >= 0.3 is 5.97 Å². The van der Waals surface area contributed by atoms with Crippen LogP contribution >= 0.6 is 0 Å². The van der Waals surface area contributed by atoms with Crippen molar-refractivity contribution in [3.05, 3.63) is 53.8 Å². The molecule has 0 saturated carbocycles. The Morgan fingerprint density at radius 1 is 1.22 bits per heavy atom. The average molecular weight is 247 g/mol.